The van der Waals surface area contributed by atoms with Crippen LogP contribution in [0.1, 0.15) is 35.6 Å². The third-order valence-electron chi connectivity index (χ3n) is 4.24. The molecule has 1 atom stereocenters. The fourth-order valence-electron chi connectivity index (χ4n) is 2.94. The number of benzene rings is 3. The van der Waals surface area contributed by atoms with Gasteiger partial charge in [0, 0.05) is 4.47 Å². The van der Waals surface area contributed by atoms with Gasteiger partial charge in [-0.05, 0) is 35.7 Å². The highest BCUT2D eigenvalue weighted by molar-refractivity contribution is 9.10. The van der Waals surface area contributed by atoms with E-state index in [2.05, 4.69) is 21.2 Å². The van der Waals surface area contributed by atoms with Gasteiger partial charge in [-0.2, -0.15) is 0 Å². The molecular formula is C22H20BrNO. The molecule has 0 aliphatic carbocycles. The van der Waals surface area contributed by atoms with Crippen molar-refractivity contribution in [1.29, 1.82) is 0 Å². The molecule has 3 rings (SSSR count). The Labute approximate surface area is 157 Å². The lowest BCUT2D eigenvalue weighted by Gasteiger charge is -2.21. The van der Waals surface area contributed by atoms with E-state index in [0.717, 1.165) is 21.2 Å². The van der Waals surface area contributed by atoms with Gasteiger partial charge in [0.2, 0.25) is 5.91 Å². The second-order valence-corrected chi connectivity index (χ2v) is 6.96. The van der Waals surface area contributed by atoms with Crippen molar-refractivity contribution < 1.29 is 4.79 Å². The molecule has 25 heavy (non-hydrogen) atoms. The Morgan fingerprint density at radius 1 is 0.800 bits per heavy atom. The Bertz CT molecular complexity index is 793. The fourth-order valence-corrected chi connectivity index (χ4v) is 3.36. The first kappa shape index (κ1) is 17.4. The minimum absolute atomic E-state index is 0.00451. The van der Waals surface area contributed by atoms with Crippen LogP contribution < -0.4 is 5.32 Å². The van der Waals surface area contributed by atoms with Gasteiger partial charge in [-0.15, -0.1) is 0 Å². The van der Waals surface area contributed by atoms with Gasteiger partial charge in [-0.25, -0.2) is 0 Å². The third-order valence-corrected chi connectivity index (χ3v) is 4.73. The molecule has 3 aromatic rings. The van der Waals surface area contributed by atoms with Gasteiger partial charge in [0.25, 0.3) is 0 Å². The van der Waals surface area contributed by atoms with Gasteiger partial charge in [0.15, 0.2) is 0 Å². The van der Waals surface area contributed by atoms with Crippen molar-refractivity contribution in [2.75, 3.05) is 0 Å². The molecule has 3 heteroatoms. The van der Waals surface area contributed by atoms with Crippen molar-refractivity contribution in [3.63, 3.8) is 0 Å². The van der Waals surface area contributed by atoms with E-state index >= 15 is 0 Å². The van der Waals surface area contributed by atoms with Crippen molar-refractivity contribution in [3.05, 3.63) is 106 Å². The Morgan fingerprint density at radius 2 is 1.32 bits per heavy atom. The van der Waals surface area contributed by atoms with E-state index in [0.29, 0.717) is 0 Å². The van der Waals surface area contributed by atoms with Gasteiger partial charge in [0.05, 0.1) is 12.0 Å². The lowest BCUT2D eigenvalue weighted by Crippen LogP contribution is -2.32. The monoisotopic (exact) mass is 393 g/mol. The zero-order valence-electron chi connectivity index (χ0n) is 14.0. The quantitative estimate of drug-likeness (QED) is 0.612. The summed E-state index contributed by atoms with van der Waals surface area (Å²) in [5.74, 6) is -0.318. The zero-order chi connectivity index (χ0) is 17.6. The average Bonchev–Trinajstić information content (AvgIpc) is 2.63. The zero-order valence-corrected chi connectivity index (χ0v) is 15.6. The highest BCUT2D eigenvalue weighted by Gasteiger charge is 2.24. The Balaban J connectivity index is 1.87. The summed E-state index contributed by atoms with van der Waals surface area (Å²) in [5, 5.41) is 3.16. The summed E-state index contributed by atoms with van der Waals surface area (Å²) < 4.78 is 1.01. The Hall–Kier alpha value is -2.39. The number of hydrogen-bond donors (Lipinski definition) is 1. The summed E-state index contributed by atoms with van der Waals surface area (Å²) in [7, 11) is 0. The molecule has 0 radical (unpaired) electrons. The highest BCUT2D eigenvalue weighted by atomic mass is 79.9. The van der Waals surface area contributed by atoms with Crippen molar-refractivity contribution in [2.24, 2.45) is 0 Å². The average molecular weight is 394 g/mol. The van der Waals surface area contributed by atoms with Crippen LogP contribution in [0, 0.1) is 0 Å². The number of hydrogen-bond acceptors (Lipinski definition) is 1. The van der Waals surface area contributed by atoms with Crippen LogP contribution in [0.5, 0.6) is 0 Å². The van der Waals surface area contributed by atoms with Crippen LogP contribution in [0.25, 0.3) is 0 Å². The molecular weight excluding hydrogens is 374 g/mol. The standard InChI is InChI=1S/C22H20BrNO/c1-16(19-13-8-14-20(23)15-19)24-22(25)21(17-9-4-2-5-10-17)18-11-6-3-7-12-18/h2-16,21H,1H3,(H,24,25)/t16-/m0/s1. The SMILES string of the molecule is C[C@H](NC(=O)C(c1ccccc1)c1ccccc1)c1cccc(Br)c1. The van der Waals surface area contributed by atoms with Crippen LogP contribution in [0.2, 0.25) is 0 Å². The third kappa shape index (κ3) is 4.37. The minimum Gasteiger partial charge on any atom is -0.349 e. The van der Waals surface area contributed by atoms with Gasteiger partial charge >= 0.3 is 0 Å². The molecule has 0 unspecified atom stereocenters. The number of nitrogens with one attached hydrogen (secondary N) is 1. The maximum absolute atomic E-state index is 13.1. The number of carbonyl (C=O) groups excluding carboxylic acids is 1. The summed E-state index contributed by atoms with van der Waals surface area (Å²) in [6, 6.07) is 27.8. The molecule has 0 aliphatic heterocycles. The van der Waals surface area contributed by atoms with E-state index in [-0.39, 0.29) is 17.9 Å². The topological polar surface area (TPSA) is 29.1 Å². The molecule has 2 nitrogen and oxygen atoms in total. The fraction of sp³-hybridized carbons (Fsp3) is 0.136. The van der Waals surface area contributed by atoms with E-state index in [4.69, 9.17) is 0 Å². The molecule has 0 saturated heterocycles. The van der Waals surface area contributed by atoms with Crippen LogP contribution in [0.4, 0.5) is 0 Å². The van der Waals surface area contributed by atoms with Gasteiger partial charge < -0.3 is 5.32 Å². The molecule has 0 spiro atoms. The lowest BCUT2D eigenvalue weighted by atomic mass is 9.90. The molecule has 0 aliphatic rings. The first-order valence-electron chi connectivity index (χ1n) is 8.31. The second-order valence-electron chi connectivity index (χ2n) is 6.04. The molecule has 1 N–H and O–H groups in total. The van der Waals surface area contributed by atoms with E-state index in [1.807, 2.05) is 91.9 Å². The maximum atomic E-state index is 13.1. The molecule has 0 heterocycles. The van der Waals surface area contributed by atoms with Gasteiger partial charge in [-0.1, -0.05) is 88.7 Å². The van der Waals surface area contributed by atoms with E-state index in [1.165, 1.54) is 0 Å². The van der Waals surface area contributed by atoms with E-state index in [1.54, 1.807) is 0 Å². The van der Waals surface area contributed by atoms with E-state index < -0.39 is 0 Å². The second kappa shape index (κ2) is 8.13. The number of rotatable bonds is 5. The molecule has 0 fully saturated rings. The predicted octanol–water partition coefficient (Wildman–Crippen LogP) is 5.46. The Kier molecular flexibility index (Phi) is 5.67. The summed E-state index contributed by atoms with van der Waals surface area (Å²) in [6.07, 6.45) is 0. The van der Waals surface area contributed by atoms with E-state index in [9.17, 15) is 4.79 Å². The molecule has 0 saturated carbocycles. The summed E-state index contributed by atoms with van der Waals surface area (Å²) >= 11 is 3.49. The number of amides is 1. The highest BCUT2D eigenvalue weighted by Crippen LogP contribution is 2.26. The van der Waals surface area contributed by atoms with Gasteiger partial charge in [0.1, 0.15) is 0 Å². The molecule has 0 bridgehead atoms. The maximum Gasteiger partial charge on any atom is 0.232 e. The van der Waals surface area contributed by atoms with Gasteiger partial charge in [-0.3, -0.25) is 4.79 Å². The summed E-state index contributed by atoms with van der Waals surface area (Å²) in [5.41, 5.74) is 3.06. The van der Waals surface area contributed by atoms with Crippen molar-refractivity contribution in [1.82, 2.24) is 5.32 Å². The Morgan fingerprint density at radius 3 is 1.84 bits per heavy atom. The predicted molar refractivity (Wildman–Crippen MR) is 105 cm³/mol. The van der Waals surface area contributed by atoms with Crippen molar-refractivity contribution in [3.8, 4) is 0 Å². The van der Waals surface area contributed by atoms with Crippen molar-refractivity contribution >= 4 is 21.8 Å². The lowest BCUT2D eigenvalue weighted by molar-refractivity contribution is -0.122. The minimum atomic E-state index is -0.322. The van der Waals surface area contributed by atoms with Crippen LogP contribution in [-0.4, -0.2) is 5.91 Å². The largest absolute Gasteiger partial charge is 0.349 e. The molecule has 3 aromatic carbocycles. The smallest absolute Gasteiger partial charge is 0.232 e. The van der Waals surface area contributed by atoms with Crippen molar-refractivity contribution in [2.45, 2.75) is 18.9 Å². The molecule has 1 amide bonds. The van der Waals surface area contributed by atoms with Crippen LogP contribution in [-0.2, 0) is 4.79 Å². The summed E-state index contributed by atoms with van der Waals surface area (Å²) in [6.45, 7) is 2.01. The number of halogens is 1. The van der Waals surface area contributed by atoms with Crippen LogP contribution >= 0.6 is 15.9 Å². The summed E-state index contributed by atoms with van der Waals surface area (Å²) in [4.78, 5) is 13.1. The number of carbonyl (C=O) groups is 1. The first-order valence-corrected chi connectivity index (χ1v) is 9.10. The molecule has 0 aromatic heterocycles. The first-order chi connectivity index (χ1) is 12.1. The molecule has 126 valence electrons. The van der Waals surface area contributed by atoms with Crippen LogP contribution in [0.15, 0.2) is 89.4 Å². The van der Waals surface area contributed by atoms with Crippen LogP contribution in [0.3, 0.4) is 0 Å². The normalized spacial score (nSPS) is 12.0.